The first kappa shape index (κ1) is 18.9. The Morgan fingerprint density at radius 3 is 2.39 bits per heavy atom. The van der Waals surface area contributed by atoms with Crippen LogP contribution < -0.4 is 0 Å². The molecule has 1 aromatic carbocycles. The van der Waals surface area contributed by atoms with Gasteiger partial charge in [0.25, 0.3) is 0 Å². The van der Waals surface area contributed by atoms with Gasteiger partial charge in [0.2, 0.25) is 0 Å². The standard InChI is InChI=1S/C20H21ClO2/c1-6-8-9-15(5)18(7-2)23-20(22)19(14(3)4)16-10-12-17(21)13-11-16/h1-2,9-14,18-19H,8H2,3-5H3/b15-9+. The van der Waals surface area contributed by atoms with Gasteiger partial charge in [-0.25, -0.2) is 0 Å². The van der Waals surface area contributed by atoms with Crippen LogP contribution in [-0.4, -0.2) is 12.1 Å². The number of esters is 1. The first-order valence-corrected chi connectivity index (χ1v) is 7.80. The number of hydrogen-bond donors (Lipinski definition) is 0. The van der Waals surface area contributed by atoms with E-state index in [0.29, 0.717) is 11.4 Å². The number of carbonyl (C=O) groups is 1. The van der Waals surface area contributed by atoms with Crippen LogP contribution in [0.4, 0.5) is 0 Å². The van der Waals surface area contributed by atoms with Crippen molar-refractivity contribution < 1.29 is 9.53 Å². The van der Waals surface area contributed by atoms with Crippen LogP contribution in [0.5, 0.6) is 0 Å². The van der Waals surface area contributed by atoms with Crippen LogP contribution in [0.1, 0.15) is 38.7 Å². The Hall–Kier alpha value is -2.16. The van der Waals surface area contributed by atoms with Crippen molar-refractivity contribution in [3.05, 3.63) is 46.5 Å². The predicted octanol–water partition coefficient (Wildman–Crippen LogP) is 4.59. The second kappa shape index (κ2) is 9.09. The molecule has 2 nitrogen and oxygen atoms in total. The Balaban J connectivity index is 2.97. The van der Waals surface area contributed by atoms with Crippen LogP contribution in [0.25, 0.3) is 0 Å². The minimum absolute atomic E-state index is 0.0668. The predicted molar refractivity (Wildman–Crippen MR) is 95.0 cm³/mol. The molecule has 0 N–H and O–H groups in total. The van der Waals surface area contributed by atoms with Gasteiger partial charge < -0.3 is 4.74 Å². The molecule has 2 atom stereocenters. The minimum Gasteiger partial charge on any atom is -0.444 e. The Kier molecular flexibility index (Phi) is 7.46. The van der Waals surface area contributed by atoms with Crippen LogP contribution in [0, 0.1) is 30.6 Å². The van der Waals surface area contributed by atoms with Crippen molar-refractivity contribution in [1.29, 1.82) is 0 Å². The molecular formula is C20H21ClO2. The molecule has 1 rings (SSSR count). The summed E-state index contributed by atoms with van der Waals surface area (Å²) in [6.07, 6.45) is 12.3. The van der Waals surface area contributed by atoms with E-state index < -0.39 is 12.0 Å². The smallest absolute Gasteiger partial charge is 0.315 e. The highest BCUT2D eigenvalue weighted by Crippen LogP contribution is 2.28. The van der Waals surface area contributed by atoms with Gasteiger partial charge in [0.05, 0.1) is 5.92 Å². The number of allylic oxidation sites excluding steroid dienone is 1. The average Bonchev–Trinajstić information content (AvgIpc) is 2.52. The number of carbonyl (C=O) groups excluding carboxylic acids is 1. The maximum Gasteiger partial charge on any atom is 0.315 e. The molecule has 0 radical (unpaired) electrons. The first-order chi connectivity index (χ1) is 10.9. The summed E-state index contributed by atoms with van der Waals surface area (Å²) < 4.78 is 5.52. The monoisotopic (exact) mass is 328 g/mol. The highest BCUT2D eigenvalue weighted by atomic mass is 35.5. The van der Waals surface area contributed by atoms with E-state index in [2.05, 4.69) is 11.8 Å². The van der Waals surface area contributed by atoms with E-state index in [4.69, 9.17) is 29.2 Å². The summed E-state index contributed by atoms with van der Waals surface area (Å²) >= 11 is 5.91. The maximum atomic E-state index is 12.6. The zero-order chi connectivity index (χ0) is 17.4. The number of hydrogen-bond acceptors (Lipinski definition) is 2. The third-order valence-corrected chi connectivity index (χ3v) is 3.74. The first-order valence-electron chi connectivity index (χ1n) is 7.42. The number of benzene rings is 1. The summed E-state index contributed by atoms with van der Waals surface area (Å²) in [5.74, 6) is 4.32. The van der Waals surface area contributed by atoms with E-state index in [9.17, 15) is 4.79 Å². The lowest BCUT2D eigenvalue weighted by atomic mass is 9.88. The van der Waals surface area contributed by atoms with Crippen molar-refractivity contribution in [2.75, 3.05) is 0 Å². The molecule has 0 fully saturated rings. The fraction of sp³-hybridized carbons (Fsp3) is 0.350. The quantitative estimate of drug-likeness (QED) is 0.433. The fourth-order valence-electron chi connectivity index (χ4n) is 2.24. The van der Waals surface area contributed by atoms with Gasteiger partial charge in [0.1, 0.15) is 0 Å². The maximum absolute atomic E-state index is 12.6. The molecule has 0 bridgehead atoms. The second-order valence-corrected chi connectivity index (χ2v) is 6.05. The normalized spacial score (nSPS) is 13.8. The Bertz CT molecular complexity index is 642. The van der Waals surface area contributed by atoms with Gasteiger partial charge in [-0.3, -0.25) is 4.79 Å². The van der Waals surface area contributed by atoms with E-state index in [1.165, 1.54) is 0 Å². The van der Waals surface area contributed by atoms with E-state index in [0.717, 1.165) is 11.1 Å². The molecule has 0 aliphatic rings. The number of terminal acetylenes is 2. The second-order valence-electron chi connectivity index (χ2n) is 5.61. The van der Waals surface area contributed by atoms with Gasteiger partial charge in [-0.15, -0.1) is 18.8 Å². The summed E-state index contributed by atoms with van der Waals surface area (Å²) in [6, 6.07) is 7.19. The van der Waals surface area contributed by atoms with Crippen LogP contribution in [-0.2, 0) is 9.53 Å². The van der Waals surface area contributed by atoms with Gasteiger partial charge >= 0.3 is 5.97 Å². The topological polar surface area (TPSA) is 26.3 Å². The lowest BCUT2D eigenvalue weighted by Crippen LogP contribution is -2.26. The third kappa shape index (κ3) is 5.51. The third-order valence-electron chi connectivity index (χ3n) is 3.49. The van der Waals surface area contributed by atoms with Crippen molar-refractivity contribution >= 4 is 17.6 Å². The lowest BCUT2D eigenvalue weighted by Gasteiger charge is -2.22. The molecule has 0 spiro atoms. The van der Waals surface area contributed by atoms with Crippen LogP contribution in [0.2, 0.25) is 5.02 Å². The largest absolute Gasteiger partial charge is 0.444 e. The average molecular weight is 329 g/mol. The Morgan fingerprint density at radius 1 is 1.30 bits per heavy atom. The molecule has 2 unspecified atom stereocenters. The molecule has 0 amide bonds. The van der Waals surface area contributed by atoms with E-state index in [-0.39, 0.29) is 11.9 Å². The summed E-state index contributed by atoms with van der Waals surface area (Å²) in [5.41, 5.74) is 1.62. The number of rotatable bonds is 6. The summed E-state index contributed by atoms with van der Waals surface area (Å²) in [7, 11) is 0. The van der Waals surface area contributed by atoms with Crippen LogP contribution in [0.15, 0.2) is 35.9 Å². The molecule has 0 aliphatic carbocycles. The lowest BCUT2D eigenvalue weighted by molar-refractivity contribution is -0.148. The van der Waals surface area contributed by atoms with Crippen molar-refractivity contribution in [2.45, 2.75) is 39.2 Å². The minimum atomic E-state index is -0.704. The molecule has 0 aliphatic heterocycles. The van der Waals surface area contributed by atoms with Crippen molar-refractivity contribution in [2.24, 2.45) is 5.92 Å². The molecule has 0 heterocycles. The summed E-state index contributed by atoms with van der Waals surface area (Å²) in [4.78, 5) is 12.6. The van der Waals surface area contributed by atoms with Gasteiger partial charge in [0.15, 0.2) is 6.10 Å². The van der Waals surface area contributed by atoms with Gasteiger partial charge in [0, 0.05) is 11.4 Å². The molecule has 0 aromatic heterocycles. The molecule has 1 aromatic rings. The van der Waals surface area contributed by atoms with Crippen LogP contribution in [0.3, 0.4) is 0 Å². The molecule has 0 saturated carbocycles. The number of halogens is 1. The highest BCUT2D eigenvalue weighted by Gasteiger charge is 2.28. The van der Waals surface area contributed by atoms with Crippen molar-refractivity contribution in [1.82, 2.24) is 0 Å². The zero-order valence-corrected chi connectivity index (χ0v) is 14.4. The summed E-state index contributed by atoms with van der Waals surface area (Å²) in [5, 5.41) is 0.624. The molecule has 3 heteroatoms. The molecule has 0 saturated heterocycles. The molecule has 120 valence electrons. The van der Waals surface area contributed by atoms with Crippen molar-refractivity contribution in [3.8, 4) is 24.7 Å². The Labute approximate surface area is 143 Å². The fourth-order valence-corrected chi connectivity index (χ4v) is 2.36. The summed E-state index contributed by atoms with van der Waals surface area (Å²) in [6.45, 7) is 5.74. The molecule has 23 heavy (non-hydrogen) atoms. The number of ether oxygens (including phenoxy) is 1. The molecular weight excluding hydrogens is 308 g/mol. The van der Waals surface area contributed by atoms with Gasteiger partial charge in [-0.2, -0.15) is 0 Å². The van der Waals surface area contributed by atoms with Gasteiger partial charge in [-0.05, 0) is 36.1 Å². The highest BCUT2D eigenvalue weighted by molar-refractivity contribution is 6.30. The van der Waals surface area contributed by atoms with E-state index >= 15 is 0 Å². The van der Waals surface area contributed by atoms with E-state index in [1.54, 1.807) is 18.2 Å². The Morgan fingerprint density at radius 2 is 1.91 bits per heavy atom. The van der Waals surface area contributed by atoms with Crippen molar-refractivity contribution in [3.63, 3.8) is 0 Å². The van der Waals surface area contributed by atoms with E-state index in [1.807, 2.05) is 32.9 Å². The SMILES string of the molecule is C#CC/C=C(\C)C(C#C)OC(=O)C(c1ccc(Cl)cc1)C(C)C. The van der Waals surface area contributed by atoms with Crippen LogP contribution >= 0.6 is 11.6 Å². The zero-order valence-electron chi connectivity index (χ0n) is 13.7. The van der Waals surface area contributed by atoms with Gasteiger partial charge in [-0.1, -0.05) is 49.6 Å².